The van der Waals surface area contributed by atoms with E-state index in [0.717, 1.165) is 0 Å². The second kappa shape index (κ2) is 4.45. The molecular formula is C14H11ClS2. The van der Waals surface area contributed by atoms with Gasteiger partial charge in [0, 0.05) is 14.3 Å². The summed E-state index contributed by atoms with van der Waals surface area (Å²) < 4.78 is 2.67. The molecule has 1 aromatic carbocycles. The highest BCUT2D eigenvalue weighted by Gasteiger charge is 2.14. The van der Waals surface area contributed by atoms with E-state index in [4.69, 9.17) is 11.6 Å². The molecular weight excluding hydrogens is 268 g/mol. The lowest BCUT2D eigenvalue weighted by Crippen LogP contribution is -1.89. The van der Waals surface area contributed by atoms with Crippen molar-refractivity contribution in [3.8, 4) is 0 Å². The van der Waals surface area contributed by atoms with Gasteiger partial charge in [0.05, 0.1) is 5.38 Å². The highest BCUT2D eigenvalue weighted by molar-refractivity contribution is 7.27. The standard InChI is InChI=1S/C14H11ClS2/c1-9-2-4-10(5-3-9)14(15)13-8-12-11(17-13)6-7-16-12/h2-8,14H,1H3. The molecule has 0 saturated heterocycles. The third-order valence-corrected chi connectivity index (χ3v) is 5.55. The molecule has 0 aliphatic heterocycles. The van der Waals surface area contributed by atoms with E-state index in [1.807, 2.05) is 0 Å². The lowest BCUT2D eigenvalue weighted by atomic mass is 10.1. The van der Waals surface area contributed by atoms with Gasteiger partial charge in [0.25, 0.3) is 0 Å². The molecule has 3 aromatic rings. The first-order chi connectivity index (χ1) is 8.24. The molecule has 0 spiro atoms. The maximum atomic E-state index is 6.53. The molecule has 3 heteroatoms. The van der Waals surface area contributed by atoms with Crippen molar-refractivity contribution < 1.29 is 0 Å². The molecule has 0 amide bonds. The van der Waals surface area contributed by atoms with Gasteiger partial charge in [-0.2, -0.15) is 0 Å². The van der Waals surface area contributed by atoms with E-state index in [1.165, 1.54) is 25.4 Å². The highest BCUT2D eigenvalue weighted by Crippen LogP contribution is 2.38. The number of thiophene rings is 2. The first-order valence-corrected chi connectivity index (χ1v) is 7.55. The van der Waals surface area contributed by atoms with Crippen molar-refractivity contribution in [1.82, 2.24) is 0 Å². The predicted octanol–water partition coefficient (Wildman–Crippen LogP) is 5.60. The van der Waals surface area contributed by atoms with Gasteiger partial charge in [-0.15, -0.1) is 34.3 Å². The van der Waals surface area contributed by atoms with Gasteiger partial charge < -0.3 is 0 Å². The fraction of sp³-hybridized carbons (Fsp3) is 0.143. The Kier molecular flexibility index (Phi) is 2.95. The van der Waals surface area contributed by atoms with E-state index < -0.39 is 0 Å². The van der Waals surface area contributed by atoms with Crippen molar-refractivity contribution >= 4 is 43.7 Å². The topological polar surface area (TPSA) is 0 Å². The summed E-state index contributed by atoms with van der Waals surface area (Å²) in [4.78, 5) is 1.23. The maximum Gasteiger partial charge on any atom is 0.0928 e. The van der Waals surface area contributed by atoms with E-state index in [0.29, 0.717) is 0 Å². The van der Waals surface area contributed by atoms with Crippen LogP contribution in [-0.4, -0.2) is 0 Å². The Bertz CT molecular complexity index is 605. The Morgan fingerprint density at radius 2 is 1.82 bits per heavy atom. The third-order valence-electron chi connectivity index (χ3n) is 2.78. The smallest absolute Gasteiger partial charge is 0.0928 e. The van der Waals surface area contributed by atoms with Crippen LogP contribution in [0.5, 0.6) is 0 Å². The largest absolute Gasteiger partial charge is 0.143 e. The molecule has 17 heavy (non-hydrogen) atoms. The monoisotopic (exact) mass is 278 g/mol. The molecule has 1 atom stereocenters. The van der Waals surface area contributed by atoms with Crippen LogP contribution in [-0.2, 0) is 0 Å². The number of hydrogen-bond acceptors (Lipinski definition) is 2. The quantitative estimate of drug-likeness (QED) is 0.535. The van der Waals surface area contributed by atoms with Crippen molar-refractivity contribution in [2.75, 3.05) is 0 Å². The Balaban J connectivity index is 1.98. The minimum Gasteiger partial charge on any atom is -0.143 e. The van der Waals surface area contributed by atoms with Gasteiger partial charge in [-0.1, -0.05) is 29.8 Å². The molecule has 1 unspecified atom stereocenters. The van der Waals surface area contributed by atoms with Gasteiger partial charge in [0.15, 0.2) is 0 Å². The summed E-state index contributed by atoms with van der Waals surface area (Å²) in [6.07, 6.45) is 0. The van der Waals surface area contributed by atoms with Crippen LogP contribution in [0.25, 0.3) is 9.40 Å². The molecule has 0 fully saturated rings. The van der Waals surface area contributed by atoms with Crippen molar-refractivity contribution in [3.63, 3.8) is 0 Å². The second-order valence-corrected chi connectivity index (χ2v) is 6.57. The number of fused-ring (bicyclic) bond motifs is 1. The molecule has 2 heterocycles. The number of halogens is 1. The molecule has 0 radical (unpaired) electrons. The van der Waals surface area contributed by atoms with Gasteiger partial charge in [0.1, 0.15) is 0 Å². The molecule has 0 nitrogen and oxygen atoms in total. The Hall–Kier alpha value is -0.830. The third kappa shape index (κ3) is 2.13. The highest BCUT2D eigenvalue weighted by atomic mass is 35.5. The van der Waals surface area contributed by atoms with E-state index in [2.05, 4.69) is 48.7 Å². The SMILES string of the molecule is Cc1ccc(C(Cl)c2cc3sccc3s2)cc1. The van der Waals surface area contributed by atoms with Gasteiger partial charge in [-0.05, 0) is 30.0 Å². The zero-order valence-corrected chi connectivity index (χ0v) is 11.7. The molecule has 0 bridgehead atoms. The first-order valence-electron chi connectivity index (χ1n) is 5.41. The van der Waals surface area contributed by atoms with Gasteiger partial charge >= 0.3 is 0 Å². The summed E-state index contributed by atoms with van der Waals surface area (Å²) in [5.41, 5.74) is 2.44. The van der Waals surface area contributed by atoms with Crippen molar-refractivity contribution in [3.05, 3.63) is 57.8 Å². The number of rotatable bonds is 2. The molecule has 0 saturated carbocycles. The predicted molar refractivity (Wildman–Crippen MR) is 78.6 cm³/mol. The Labute approximate surface area is 113 Å². The lowest BCUT2D eigenvalue weighted by Gasteiger charge is -2.07. The number of benzene rings is 1. The maximum absolute atomic E-state index is 6.53. The minimum absolute atomic E-state index is 0.0276. The zero-order valence-electron chi connectivity index (χ0n) is 9.31. The van der Waals surface area contributed by atoms with Gasteiger partial charge in [0.2, 0.25) is 0 Å². The van der Waals surface area contributed by atoms with Crippen LogP contribution in [0.2, 0.25) is 0 Å². The van der Waals surface area contributed by atoms with E-state index in [-0.39, 0.29) is 5.38 Å². The van der Waals surface area contributed by atoms with Crippen LogP contribution in [0.15, 0.2) is 41.8 Å². The van der Waals surface area contributed by atoms with Crippen LogP contribution in [0, 0.1) is 6.92 Å². The summed E-state index contributed by atoms with van der Waals surface area (Å²) in [7, 11) is 0. The molecule has 3 rings (SSSR count). The fourth-order valence-electron chi connectivity index (χ4n) is 1.81. The summed E-state index contributed by atoms with van der Waals surface area (Å²) in [6, 6.07) is 12.8. The zero-order chi connectivity index (χ0) is 11.8. The van der Waals surface area contributed by atoms with Crippen LogP contribution < -0.4 is 0 Å². The van der Waals surface area contributed by atoms with Crippen molar-refractivity contribution in [2.45, 2.75) is 12.3 Å². The fourth-order valence-corrected chi connectivity index (χ4v) is 4.28. The summed E-state index contributed by atoms with van der Waals surface area (Å²) in [6.45, 7) is 2.09. The van der Waals surface area contributed by atoms with Crippen LogP contribution in [0.4, 0.5) is 0 Å². The Morgan fingerprint density at radius 3 is 2.53 bits per heavy atom. The van der Waals surface area contributed by atoms with E-state index in [1.54, 1.807) is 22.7 Å². The molecule has 0 aliphatic rings. The van der Waals surface area contributed by atoms with E-state index >= 15 is 0 Å². The molecule has 2 aromatic heterocycles. The summed E-state index contributed by atoms with van der Waals surface area (Å²) in [5, 5.41) is 2.10. The normalized spacial score (nSPS) is 13.1. The van der Waals surface area contributed by atoms with Crippen molar-refractivity contribution in [2.24, 2.45) is 0 Å². The number of hydrogen-bond donors (Lipinski definition) is 0. The van der Waals surface area contributed by atoms with Gasteiger partial charge in [-0.3, -0.25) is 0 Å². The van der Waals surface area contributed by atoms with Crippen LogP contribution in [0.3, 0.4) is 0 Å². The lowest BCUT2D eigenvalue weighted by molar-refractivity contribution is 1.18. The minimum atomic E-state index is -0.0276. The van der Waals surface area contributed by atoms with Crippen LogP contribution >= 0.6 is 34.3 Å². The molecule has 0 N–H and O–H groups in total. The average molecular weight is 279 g/mol. The second-order valence-electron chi connectivity index (χ2n) is 4.07. The van der Waals surface area contributed by atoms with E-state index in [9.17, 15) is 0 Å². The number of aryl methyl sites for hydroxylation is 1. The first kappa shape index (κ1) is 11.3. The molecule has 0 aliphatic carbocycles. The van der Waals surface area contributed by atoms with Crippen LogP contribution in [0.1, 0.15) is 21.4 Å². The molecule has 86 valence electrons. The summed E-state index contributed by atoms with van der Waals surface area (Å²) in [5.74, 6) is 0. The average Bonchev–Trinajstić information content (AvgIpc) is 2.89. The number of alkyl halides is 1. The summed E-state index contributed by atoms with van der Waals surface area (Å²) >= 11 is 10.1. The van der Waals surface area contributed by atoms with Gasteiger partial charge in [-0.25, -0.2) is 0 Å². The van der Waals surface area contributed by atoms with Crippen molar-refractivity contribution in [1.29, 1.82) is 0 Å². The Morgan fingerprint density at radius 1 is 1.06 bits per heavy atom.